The molecule has 0 spiro atoms. The predicted molar refractivity (Wildman–Crippen MR) is 59.4 cm³/mol. The lowest BCUT2D eigenvalue weighted by Crippen LogP contribution is -2.08. The summed E-state index contributed by atoms with van der Waals surface area (Å²) in [5.74, 6) is -0.603. The summed E-state index contributed by atoms with van der Waals surface area (Å²) in [4.78, 5) is 10.9. The molecular formula is C11H11BrO3. The first-order valence-corrected chi connectivity index (χ1v) is 5.57. The molecule has 0 bridgehead atoms. The number of carboxylic acid groups (broad SMARTS) is 1. The molecule has 1 N–H and O–H groups in total. The van der Waals surface area contributed by atoms with Crippen LogP contribution < -0.4 is 4.74 Å². The van der Waals surface area contributed by atoms with Gasteiger partial charge >= 0.3 is 5.97 Å². The summed E-state index contributed by atoms with van der Waals surface area (Å²) < 4.78 is 6.38. The van der Waals surface area contributed by atoms with Crippen LogP contribution in [0.2, 0.25) is 0 Å². The van der Waals surface area contributed by atoms with Crippen molar-refractivity contribution in [2.45, 2.75) is 19.3 Å². The quantitative estimate of drug-likeness (QED) is 0.899. The van der Waals surface area contributed by atoms with Crippen LogP contribution in [0.3, 0.4) is 0 Å². The van der Waals surface area contributed by atoms with Gasteiger partial charge in [-0.1, -0.05) is 15.9 Å². The van der Waals surface area contributed by atoms with Crippen molar-refractivity contribution in [1.82, 2.24) is 0 Å². The normalized spacial score (nSPS) is 15.6. The van der Waals surface area contributed by atoms with Crippen LogP contribution in [-0.4, -0.2) is 17.7 Å². The van der Waals surface area contributed by atoms with E-state index in [1.807, 2.05) is 12.1 Å². The second-order valence-corrected chi connectivity index (χ2v) is 4.56. The van der Waals surface area contributed by atoms with Gasteiger partial charge in [0.25, 0.3) is 0 Å². The number of halogens is 1. The van der Waals surface area contributed by atoms with Gasteiger partial charge in [-0.3, -0.25) is 4.79 Å². The molecule has 3 nitrogen and oxygen atoms in total. The van der Waals surface area contributed by atoms with Crippen LogP contribution in [0.25, 0.3) is 0 Å². The van der Waals surface area contributed by atoms with E-state index in [1.165, 1.54) is 0 Å². The Bertz CT molecular complexity index is 415. The van der Waals surface area contributed by atoms with E-state index in [0.717, 1.165) is 27.8 Å². The topological polar surface area (TPSA) is 46.5 Å². The van der Waals surface area contributed by atoms with Crippen LogP contribution in [-0.2, 0) is 11.2 Å². The van der Waals surface area contributed by atoms with Gasteiger partial charge in [-0.15, -0.1) is 0 Å². The van der Waals surface area contributed by atoms with Crippen LogP contribution in [0.5, 0.6) is 5.75 Å². The fraction of sp³-hybridized carbons (Fsp3) is 0.364. The fourth-order valence-electron chi connectivity index (χ4n) is 1.75. The molecule has 0 aliphatic carbocycles. The van der Waals surface area contributed by atoms with E-state index in [4.69, 9.17) is 9.84 Å². The Labute approximate surface area is 96.2 Å². The van der Waals surface area contributed by atoms with Gasteiger partial charge in [0.2, 0.25) is 0 Å². The van der Waals surface area contributed by atoms with Gasteiger partial charge in [0.05, 0.1) is 12.5 Å². The number of hydrogen-bond acceptors (Lipinski definition) is 2. The zero-order valence-corrected chi connectivity index (χ0v) is 9.87. The Morgan fingerprint density at radius 1 is 1.60 bits per heavy atom. The lowest BCUT2D eigenvalue weighted by molar-refractivity contribution is -0.138. The lowest BCUT2D eigenvalue weighted by Gasteiger charge is -2.12. The van der Waals surface area contributed by atoms with E-state index in [0.29, 0.717) is 6.61 Å². The summed E-state index contributed by atoms with van der Waals surface area (Å²) in [7, 11) is 0. The second-order valence-electron chi connectivity index (χ2n) is 3.64. The van der Waals surface area contributed by atoms with Gasteiger partial charge in [-0.25, -0.2) is 0 Å². The number of hydrogen-bond donors (Lipinski definition) is 1. The highest BCUT2D eigenvalue weighted by Crippen LogP contribution is 2.37. The number of fused-ring (bicyclic) bond motifs is 1. The minimum Gasteiger partial charge on any atom is -0.493 e. The Kier molecular flexibility index (Phi) is 2.69. The van der Waals surface area contributed by atoms with Gasteiger partial charge < -0.3 is 9.84 Å². The molecule has 15 heavy (non-hydrogen) atoms. The van der Waals surface area contributed by atoms with Crippen molar-refractivity contribution in [3.05, 3.63) is 27.7 Å². The summed E-state index contributed by atoms with van der Waals surface area (Å²) in [6.45, 7) is 2.32. The molecule has 0 fully saturated rings. The maximum absolute atomic E-state index is 10.9. The predicted octanol–water partition coefficient (Wildman–Crippen LogP) is 2.57. The van der Waals surface area contributed by atoms with Gasteiger partial charge in [0.15, 0.2) is 0 Å². The zero-order chi connectivity index (χ0) is 11.0. The largest absolute Gasteiger partial charge is 0.493 e. The monoisotopic (exact) mass is 270 g/mol. The third-order valence-corrected chi connectivity index (χ3v) is 3.07. The average Bonchev–Trinajstić information content (AvgIpc) is 2.62. The molecule has 0 aromatic heterocycles. The third-order valence-electron chi connectivity index (χ3n) is 2.61. The van der Waals surface area contributed by atoms with Crippen LogP contribution in [0.1, 0.15) is 24.0 Å². The van der Waals surface area contributed by atoms with Gasteiger partial charge in [0.1, 0.15) is 5.75 Å². The number of rotatable bonds is 2. The number of ether oxygens (including phenoxy) is 1. The summed E-state index contributed by atoms with van der Waals surface area (Å²) in [6.07, 6.45) is 0.855. The first kappa shape index (κ1) is 10.5. The Morgan fingerprint density at radius 2 is 2.33 bits per heavy atom. The first-order valence-electron chi connectivity index (χ1n) is 4.77. The van der Waals surface area contributed by atoms with E-state index in [1.54, 1.807) is 6.92 Å². The Morgan fingerprint density at radius 3 is 3.00 bits per heavy atom. The van der Waals surface area contributed by atoms with Crippen LogP contribution >= 0.6 is 15.9 Å². The number of carbonyl (C=O) groups is 1. The summed E-state index contributed by atoms with van der Waals surface area (Å²) in [5, 5.41) is 8.99. The van der Waals surface area contributed by atoms with Gasteiger partial charge in [0, 0.05) is 16.5 Å². The maximum atomic E-state index is 10.9. The van der Waals surface area contributed by atoms with Crippen LogP contribution in [0, 0.1) is 0 Å². The molecule has 0 radical (unpaired) electrons. The average molecular weight is 271 g/mol. The van der Waals surface area contributed by atoms with Crippen molar-refractivity contribution in [2.24, 2.45) is 0 Å². The van der Waals surface area contributed by atoms with Crippen LogP contribution in [0.4, 0.5) is 0 Å². The van der Waals surface area contributed by atoms with E-state index in [9.17, 15) is 4.79 Å². The molecule has 1 aromatic rings. The van der Waals surface area contributed by atoms with E-state index >= 15 is 0 Å². The Hall–Kier alpha value is -1.03. The smallest absolute Gasteiger partial charge is 0.310 e. The van der Waals surface area contributed by atoms with Crippen molar-refractivity contribution in [1.29, 1.82) is 0 Å². The zero-order valence-electron chi connectivity index (χ0n) is 8.29. The molecule has 1 aliphatic rings. The minimum absolute atomic E-state index is 0.533. The molecule has 4 heteroatoms. The Balaban J connectivity index is 2.51. The SMILES string of the molecule is CC(C(=O)O)c1cc(Br)cc2c1OCC2. The summed E-state index contributed by atoms with van der Waals surface area (Å²) >= 11 is 3.38. The summed E-state index contributed by atoms with van der Waals surface area (Å²) in [5.41, 5.74) is 1.84. The molecule has 1 heterocycles. The van der Waals surface area contributed by atoms with E-state index < -0.39 is 11.9 Å². The molecule has 1 aromatic carbocycles. The molecule has 1 unspecified atom stereocenters. The third kappa shape index (κ3) is 1.86. The minimum atomic E-state index is -0.828. The van der Waals surface area contributed by atoms with Crippen molar-refractivity contribution in [3.63, 3.8) is 0 Å². The molecule has 0 saturated heterocycles. The summed E-state index contributed by atoms with van der Waals surface area (Å²) in [6, 6.07) is 3.81. The van der Waals surface area contributed by atoms with E-state index in [-0.39, 0.29) is 0 Å². The van der Waals surface area contributed by atoms with Crippen molar-refractivity contribution in [2.75, 3.05) is 6.61 Å². The highest BCUT2D eigenvalue weighted by molar-refractivity contribution is 9.10. The molecular weight excluding hydrogens is 260 g/mol. The van der Waals surface area contributed by atoms with E-state index in [2.05, 4.69) is 15.9 Å². The number of benzene rings is 1. The molecule has 2 rings (SSSR count). The highest BCUT2D eigenvalue weighted by atomic mass is 79.9. The number of carboxylic acids is 1. The second kappa shape index (κ2) is 3.85. The lowest BCUT2D eigenvalue weighted by atomic mass is 9.97. The van der Waals surface area contributed by atoms with Crippen LogP contribution in [0.15, 0.2) is 16.6 Å². The van der Waals surface area contributed by atoms with Gasteiger partial charge in [-0.05, 0) is 24.6 Å². The van der Waals surface area contributed by atoms with Crippen molar-refractivity contribution >= 4 is 21.9 Å². The maximum Gasteiger partial charge on any atom is 0.310 e. The van der Waals surface area contributed by atoms with Crippen molar-refractivity contribution in [3.8, 4) is 5.75 Å². The van der Waals surface area contributed by atoms with Gasteiger partial charge in [-0.2, -0.15) is 0 Å². The molecule has 80 valence electrons. The number of aliphatic carboxylic acids is 1. The first-order chi connectivity index (χ1) is 7.09. The molecule has 1 atom stereocenters. The standard InChI is InChI=1S/C11H11BrO3/c1-6(11(13)14)9-5-8(12)4-7-2-3-15-10(7)9/h4-6H,2-3H2,1H3,(H,13,14). The molecule has 0 amide bonds. The fourth-order valence-corrected chi connectivity index (χ4v) is 2.28. The van der Waals surface area contributed by atoms with Crippen molar-refractivity contribution < 1.29 is 14.6 Å². The highest BCUT2D eigenvalue weighted by Gasteiger charge is 2.24. The molecule has 1 aliphatic heterocycles. The molecule has 0 saturated carbocycles.